The summed E-state index contributed by atoms with van der Waals surface area (Å²) in [5.74, 6) is 0. The maximum absolute atomic E-state index is 3.96. The molecule has 41 heavy (non-hydrogen) atoms. The van der Waals surface area contributed by atoms with Crippen LogP contribution in [0.3, 0.4) is 0 Å². The molecule has 0 amide bonds. The number of aromatic nitrogens is 1. The molecule has 6 aromatic carbocycles. The Morgan fingerprint density at radius 3 is 1.98 bits per heavy atom. The molecule has 1 unspecified atom stereocenters. The minimum Gasteiger partial charge on any atom is -0.373 e. The Hall–Kier alpha value is -5.34. The van der Waals surface area contributed by atoms with Crippen molar-refractivity contribution >= 4 is 49.9 Å². The molecule has 2 heteroatoms. The minimum atomic E-state index is 0.0986. The predicted octanol–water partition coefficient (Wildman–Crippen LogP) is 9.93. The lowest BCUT2D eigenvalue weighted by Gasteiger charge is -2.35. The van der Waals surface area contributed by atoms with Gasteiger partial charge in [-0.2, -0.15) is 0 Å². The van der Waals surface area contributed by atoms with Crippen LogP contribution >= 0.6 is 0 Å². The number of hydrogen-bond acceptors (Lipinski definition) is 1. The summed E-state index contributed by atoms with van der Waals surface area (Å²) in [6, 6.07) is 48.6. The van der Waals surface area contributed by atoms with E-state index in [4.69, 9.17) is 0 Å². The topological polar surface area (TPSA) is 17.0 Å². The molecule has 0 saturated carbocycles. The number of anilines is 1. The Kier molecular flexibility index (Phi) is 4.70. The van der Waals surface area contributed by atoms with Gasteiger partial charge in [-0.25, -0.2) is 0 Å². The standard InChI is InChI=1S/C39H26N2/c1-3-11-29-25(9-1)19-23-33-37(34-24-20-26-10-2-4-12-30(26)39(34)40-38(29)33)27-17-21-28(22-18-27)41-35-15-7-5-13-31(35)32-14-6-8-16-36(32)41/h1-24,38,40H. The highest BCUT2D eigenvalue weighted by atomic mass is 15.0. The van der Waals surface area contributed by atoms with E-state index in [-0.39, 0.29) is 6.04 Å². The van der Waals surface area contributed by atoms with Crippen LogP contribution < -0.4 is 5.32 Å². The summed E-state index contributed by atoms with van der Waals surface area (Å²) in [6.07, 6.45) is 4.58. The van der Waals surface area contributed by atoms with E-state index in [0.29, 0.717) is 0 Å². The average molecular weight is 523 g/mol. The summed E-state index contributed by atoms with van der Waals surface area (Å²) in [4.78, 5) is 0. The molecule has 2 heterocycles. The molecule has 0 bridgehead atoms. The first-order valence-electron chi connectivity index (χ1n) is 14.2. The van der Waals surface area contributed by atoms with Crippen LogP contribution in [0.1, 0.15) is 28.3 Å². The third kappa shape index (κ3) is 3.25. The van der Waals surface area contributed by atoms with Crippen molar-refractivity contribution in [2.45, 2.75) is 6.04 Å². The van der Waals surface area contributed by atoms with Crippen LogP contribution in [0.15, 0.2) is 145 Å². The van der Waals surface area contributed by atoms with Gasteiger partial charge in [-0.3, -0.25) is 0 Å². The van der Waals surface area contributed by atoms with Crippen molar-refractivity contribution in [1.29, 1.82) is 0 Å². The van der Waals surface area contributed by atoms with E-state index in [2.05, 4.69) is 155 Å². The molecule has 1 atom stereocenters. The maximum Gasteiger partial charge on any atom is 0.0779 e. The Balaban J connectivity index is 1.27. The quantitative estimate of drug-likeness (QED) is 0.239. The summed E-state index contributed by atoms with van der Waals surface area (Å²) in [5.41, 5.74) is 12.5. The van der Waals surface area contributed by atoms with Crippen molar-refractivity contribution in [1.82, 2.24) is 4.57 Å². The number of nitrogens with zero attached hydrogens (tertiary/aromatic N) is 1. The zero-order valence-corrected chi connectivity index (χ0v) is 22.4. The van der Waals surface area contributed by atoms with Gasteiger partial charge in [-0.15, -0.1) is 0 Å². The molecular formula is C39H26N2. The van der Waals surface area contributed by atoms with Gasteiger partial charge in [0, 0.05) is 27.4 Å². The van der Waals surface area contributed by atoms with Gasteiger partial charge in [0.2, 0.25) is 0 Å². The highest BCUT2D eigenvalue weighted by Crippen LogP contribution is 2.49. The fraction of sp³-hybridized carbons (Fsp3) is 0.0256. The van der Waals surface area contributed by atoms with Crippen molar-refractivity contribution in [3.05, 3.63) is 167 Å². The van der Waals surface area contributed by atoms with E-state index in [1.165, 1.54) is 77.4 Å². The molecule has 192 valence electrons. The van der Waals surface area contributed by atoms with Crippen molar-refractivity contribution in [2.75, 3.05) is 5.32 Å². The first kappa shape index (κ1) is 22.5. The van der Waals surface area contributed by atoms with Gasteiger partial charge < -0.3 is 9.88 Å². The molecule has 1 N–H and O–H groups in total. The summed E-state index contributed by atoms with van der Waals surface area (Å²) in [5, 5.41) is 9.04. The largest absolute Gasteiger partial charge is 0.373 e. The summed E-state index contributed by atoms with van der Waals surface area (Å²) >= 11 is 0. The van der Waals surface area contributed by atoms with Crippen LogP contribution in [-0.2, 0) is 0 Å². The maximum atomic E-state index is 3.96. The van der Waals surface area contributed by atoms with Crippen molar-refractivity contribution in [3.63, 3.8) is 0 Å². The first-order chi connectivity index (χ1) is 20.3. The molecule has 0 fully saturated rings. The SMILES string of the molecule is C1=Cc2ccccc2C2Nc3c(ccc4ccccc34)C(c3ccc(-n4c5ccccc5c5ccccc54)cc3)=C12. The third-order valence-corrected chi connectivity index (χ3v) is 8.83. The fourth-order valence-corrected chi connectivity index (χ4v) is 6.99. The third-order valence-electron chi connectivity index (χ3n) is 8.83. The molecule has 0 radical (unpaired) electrons. The van der Waals surface area contributed by atoms with Crippen LogP contribution in [0.25, 0.3) is 49.9 Å². The molecule has 2 aliphatic rings. The Labute approximate surface area is 238 Å². The minimum absolute atomic E-state index is 0.0986. The number of para-hydroxylation sites is 2. The average Bonchev–Trinajstić information content (AvgIpc) is 3.38. The van der Waals surface area contributed by atoms with Crippen molar-refractivity contribution in [2.24, 2.45) is 0 Å². The second kappa shape index (κ2) is 8.58. The smallest absolute Gasteiger partial charge is 0.0779 e. The van der Waals surface area contributed by atoms with Gasteiger partial charge in [-0.1, -0.05) is 121 Å². The number of hydrogen-bond donors (Lipinski definition) is 1. The number of rotatable bonds is 2. The van der Waals surface area contributed by atoms with E-state index in [1.807, 2.05) is 0 Å². The molecule has 9 rings (SSSR count). The Morgan fingerprint density at radius 2 is 1.20 bits per heavy atom. The van der Waals surface area contributed by atoms with E-state index >= 15 is 0 Å². The fourth-order valence-electron chi connectivity index (χ4n) is 6.99. The lowest BCUT2D eigenvalue weighted by atomic mass is 9.78. The van der Waals surface area contributed by atoms with Gasteiger partial charge >= 0.3 is 0 Å². The monoisotopic (exact) mass is 522 g/mol. The number of nitrogens with one attached hydrogen (secondary N) is 1. The normalized spacial score (nSPS) is 15.6. The summed E-state index contributed by atoms with van der Waals surface area (Å²) in [6.45, 7) is 0. The highest BCUT2D eigenvalue weighted by molar-refractivity contribution is 6.09. The lowest BCUT2D eigenvalue weighted by molar-refractivity contribution is 0.920. The zero-order chi connectivity index (χ0) is 26.9. The molecule has 2 nitrogen and oxygen atoms in total. The van der Waals surface area contributed by atoms with Gasteiger partial charge in [0.25, 0.3) is 0 Å². The van der Waals surface area contributed by atoms with Gasteiger partial charge in [0.1, 0.15) is 0 Å². The van der Waals surface area contributed by atoms with Gasteiger partial charge in [0.05, 0.1) is 22.8 Å². The molecule has 1 aliphatic heterocycles. The zero-order valence-electron chi connectivity index (χ0n) is 22.4. The van der Waals surface area contributed by atoms with Gasteiger partial charge in [0.15, 0.2) is 0 Å². The second-order valence-electron chi connectivity index (χ2n) is 11.0. The summed E-state index contributed by atoms with van der Waals surface area (Å²) in [7, 11) is 0. The van der Waals surface area contributed by atoms with Crippen molar-refractivity contribution < 1.29 is 0 Å². The molecule has 0 saturated heterocycles. The Bertz CT molecular complexity index is 2170. The van der Waals surface area contributed by atoms with E-state index in [1.54, 1.807) is 0 Å². The van der Waals surface area contributed by atoms with Crippen LogP contribution in [0.4, 0.5) is 5.69 Å². The highest BCUT2D eigenvalue weighted by Gasteiger charge is 2.31. The van der Waals surface area contributed by atoms with Crippen LogP contribution in [0.2, 0.25) is 0 Å². The second-order valence-corrected chi connectivity index (χ2v) is 11.0. The predicted molar refractivity (Wildman–Crippen MR) is 173 cm³/mol. The van der Waals surface area contributed by atoms with Crippen LogP contribution in [0.5, 0.6) is 0 Å². The summed E-state index contributed by atoms with van der Waals surface area (Å²) < 4.78 is 2.38. The van der Waals surface area contributed by atoms with Crippen LogP contribution in [0, 0.1) is 0 Å². The van der Waals surface area contributed by atoms with E-state index < -0.39 is 0 Å². The van der Waals surface area contributed by atoms with Crippen LogP contribution in [-0.4, -0.2) is 4.57 Å². The molecule has 0 spiro atoms. The molecule has 1 aromatic heterocycles. The number of fused-ring (bicyclic) bond motifs is 9. The van der Waals surface area contributed by atoms with E-state index in [0.717, 1.165) is 0 Å². The molecule has 1 aliphatic carbocycles. The molecule has 7 aromatic rings. The van der Waals surface area contributed by atoms with E-state index in [9.17, 15) is 0 Å². The first-order valence-corrected chi connectivity index (χ1v) is 14.2. The lowest BCUT2D eigenvalue weighted by Crippen LogP contribution is -2.22. The van der Waals surface area contributed by atoms with Crippen molar-refractivity contribution in [3.8, 4) is 5.69 Å². The Morgan fingerprint density at radius 1 is 0.537 bits per heavy atom. The number of benzene rings is 6. The van der Waals surface area contributed by atoms with Gasteiger partial charge in [-0.05, 0) is 57.5 Å². The molecular weight excluding hydrogens is 496 g/mol.